The summed E-state index contributed by atoms with van der Waals surface area (Å²) in [6.45, 7) is 0. The van der Waals surface area contributed by atoms with Gasteiger partial charge < -0.3 is 4.74 Å². The Labute approximate surface area is 117 Å². The second kappa shape index (κ2) is 6.47. The van der Waals surface area contributed by atoms with E-state index in [-0.39, 0.29) is 0 Å². The van der Waals surface area contributed by atoms with Gasteiger partial charge in [0, 0.05) is 0 Å². The number of hydrogen-bond donors (Lipinski definition) is 0. The van der Waals surface area contributed by atoms with Crippen LogP contribution in [-0.4, -0.2) is 49.3 Å². The maximum atomic E-state index is 12.6. The summed E-state index contributed by atoms with van der Waals surface area (Å²) in [5.41, 5.74) is 0. The van der Waals surface area contributed by atoms with Crippen LogP contribution < -0.4 is 0 Å². The van der Waals surface area contributed by atoms with E-state index in [0.717, 1.165) is 0 Å². The van der Waals surface area contributed by atoms with Gasteiger partial charge in [0.2, 0.25) is 0 Å². The van der Waals surface area contributed by atoms with Gasteiger partial charge >= 0.3 is 36.5 Å². The van der Waals surface area contributed by atoms with Crippen molar-refractivity contribution in [2.45, 2.75) is 49.3 Å². The van der Waals surface area contributed by atoms with Crippen molar-refractivity contribution in [1.29, 1.82) is 0 Å². The van der Waals surface area contributed by atoms with Crippen LogP contribution in [0.3, 0.4) is 0 Å². The van der Waals surface area contributed by atoms with Gasteiger partial charge in [-0.1, -0.05) is 0 Å². The highest BCUT2D eigenvalue weighted by Crippen LogP contribution is 2.46. The summed E-state index contributed by atoms with van der Waals surface area (Å²) in [5.74, 6) is -26.4. The lowest BCUT2D eigenvalue weighted by atomic mass is 10.1. The third kappa shape index (κ3) is 3.74. The fourth-order valence-electron chi connectivity index (χ4n) is 0.869. The van der Waals surface area contributed by atoms with E-state index in [9.17, 15) is 61.5 Å². The minimum atomic E-state index is -6.64. The molecular formula is C8H4F14O. The van der Waals surface area contributed by atoms with Crippen LogP contribution in [-0.2, 0) is 4.74 Å². The number of ether oxygens (including phenoxy) is 1. The maximum Gasteiger partial charge on any atom is 0.374 e. The van der Waals surface area contributed by atoms with E-state index in [1.807, 2.05) is 0 Å². The second-order valence-corrected chi connectivity index (χ2v) is 3.86. The summed E-state index contributed by atoms with van der Waals surface area (Å²) < 4.78 is 173. The first-order chi connectivity index (χ1) is 9.94. The average Bonchev–Trinajstić information content (AvgIpc) is 2.37. The van der Waals surface area contributed by atoms with Crippen LogP contribution >= 0.6 is 0 Å². The summed E-state index contributed by atoms with van der Waals surface area (Å²) in [7, 11) is 0. The fourth-order valence-corrected chi connectivity index (χ4v) is 0.869. The van der Waals surface area contributed by atoms with Crippen molar-refractivity contribution >= 4 is 0 Å². The van der Waals surface area contributed by atoms with Gasteiger partial charge in [-0.15, -0.1) is 0 Å². The molecule has 0 heterocycles. The van der Waals surface area contributed by atoms with E-state index in [2.05, 4.69) is 4.74 Å². The summed E-state index contributed by atoms with van der Waals surface area (Å²) in [6.07, 6.45) is -21.1. The molecule has 0 aliphatic carbocycles. The van der Waals surface area contributed by atoms with Crippen molar-refractivity contribution in [3.05, 3.63) is 0 Å². The molecule has 0 saturated carbocycles. The molecule has 0 aromatic heterocycles. The Morgan fingerprint density at radius 3 is 0.826 bits per heavy atom. The first-order valence-electron chi connectivity index (χ1n) is 4.95. The number of halogens is 14. The van der Waals surface area contributed by atoms with E-state index in [1.54, 1.807) is 0 Å². The molecule has 23 heavy (non-hydrogen) atoms. The highest BCUT2D eigenvalue weighted by Gasteiger charge is 2.72. The summed E-state index contributed by atoms with van der Waals surface area (Å²) >= 11 is 0. The molecule has 0 saturated heterocycles. The molecule has 0 N–H and O–H groups in total. The lowest BCUT2D eigenvalue weighted by Gasteiger charge is -2.32. The highest BCUT2D eigenvalue weighted by molar-refractivity contribution is 4.93. The molecular weight excluding hydrogens is 378 g/mol. The summed E-state index contributed by atoms with van der Waals surface area (Å²) in [6, 6.07) is 0. The fraction of sp³-hybridized carbons (Fsp3) is 1.00. The summed E-state index contributed by atoms with van der Waals surface area (Å²) in [5, 5.41) is 0. The molecule has 0 aliphatic rings. The lowest BCUT2D eigenvalue weighted by molar-refractivity contribution is -0.378. The van der Waals surface area contributed by atoms with Crippen LogP contribution in [0.15, 0.2) is 0 Å². The van der Waals surface area contributed by atoms with Gasteiger partial charge in [0.15, 0.2) is 0 Å². The maximum absolute atomic E-state index is 12.6. The van der Waals surface area contributed by atoms with E-state index in [1.165, 1.54) is 0 Å². The van der Waals surface area contributed by atoms with Gasteiger partial charge in [0.25, 0.3) is 12.7 Å². The molecule has 2 atom stereocenters. The first kappa shape index (κ1) is 22.0. The number of alkyl halides is 14. The van der Waals surface area contributed by atoms with Crippen molar-refractivity contribution in [2.75, 3.05) is 0 Å². The van der Waals surface area contributed by atoms with Gasteiger partial charge in [0.05, 0.1) is 0 Å². The van der Waals surface area contributed by atoms with E-state index in [4.69, 9.17) is 0 Å². The molecule has 0 aromatic rings. The van der Waals surface area contributed by atoms with Gasteiger partial charge in [-0.2, -0.15) is 35.1 Å². The highest BCUT2D eigenvalue weighted by atomic mass is 19.4. The molecule has 0 aromatic carbocycles. The van der Waals surface area contributed by atoms with Crippen molar-refractivity contribution in [3.8, 4) is 0 Å². The molecule has 0 spiro atoms. The van der Waals surface area contributed by atoms with Crippen LogP contribution in [0.5, 0.6) is 0 Å². The van der Waals surface area contributed by atoms with Gasteiger partial charge in [-0.3, -0.25) is 0 Å². The Morgan fingerprint density at radius 1 is 0.435 bits per heavy atom. The molecule has 15 heteroatoms. The van der Waals surface area contributed by atoms with E-state index in [0.29, 0.717) is 0 Å². The van der Waals surface area contributed by atoms with E-state index >= 15 is 0 Å². The minimum Gasteiger partial charge on any atom is -0.303 e. The zero-order chi connectivity index (χ0) is 19.0. The monoisotopic (exact) mass is 382 g/mol. The predicted octanol–water partition coefficient (Wildman–Crippen LogP) is 4.67. The first-order valence-corrected chi connectivity index (χ1v) is 4.95. The normalized spacial score (nSPS) is 17.7. The van der Waals surface area contributed by atoms with Crippen LogP contribution in [0.2, 0.25) is 0 Å². The van der Waals surface area contributed by atoms with Crippen LogP contribution in [0, 0.1) is 0 Å². The molecule has 0 fully saturated rings. The van der Waals surface area contributed by atoms with Crippen molar-refractivity contribution in [2.24, 2.45) is 0 Å². The van der Waals surface area contributed by atoms with Crippen molar-refractivity contribution in [3.63, 3.8) is 0 Å². The molecule has 1 nitrogen and oxygen atoms in total. The van der Waals surface area contributed by atoms with Crippen molar-refractivity contribution < 1.29 is 66.2 Å². The smallest absolute Gasteiger partial charge is 0.303 e. The standard InChI is InChI=1S/C8H4F14O/c9-1(10)5(15,16)7(19,20)3(13)23-4(14)8(21,22)6(17,18)2(11)12/h1-4H. The Bertz CT molecular complexity index is 356. The predicted molar refractivity (Wildman–Crippen MR) is 42.7 cm³/mol. The Morgan fingerprint density at radius 2 is 0.652 bits per heavy atom. The zero-order valence-electron chi connectivity index (χ0n) is 10.0. The molecule has 0 radical (unpaired) electrons. The van der Waals surface area contributed by atoms with Crippen LogP contribution in [0.1, 0.15) is 0 Å². The second-order valence-electron chi connectivity index (χ2n) is 3.86. The molecule has 2 unspecified atom stereocenters. The molecule has 0 rings (SSSR count). The molecule has 0 aliphatic heterocycles. The van der Waals surface area contributed by atoms with E-state index < -0.39 is 49.3 Å². The Balaban J connectivity index is 5.35. The molecule has 0 amide bonds. The third-order valence-corrected chi connectivity index (χ3v) is 2.25. The Kier molecular flexibility index (Phi) is 6.18. The largest absolute Gasteiger partial charge is 0.374 e. The van der Waals surface area contributed by atoms with Gasteiger partial charge in [-0.05, 0) is 0 Å². The van der Waals surface area contributed by atoms with Gasteiger partial charge in [0.1, 0.15) is 0 Å². The SMILES string of the molecule is FC(F)C(F)(F)C(F)(F)C(F)OC(F)C(F)(F)C(F)(F)C(F)F. The molecule has 140 valence electrons. The third-order valence-electron chi connectivity index (χ3n) is 2.25. The minimum absolute atomic E-state index is 2.19. The zero-order valence-corrected chi connectivity index (χ0v) is 10.0. The number of rotatable bonds is 8. The van der Waals surface area contributed by atoms with Gasteiger partial charge in [-0.25, -0.2) is 26.3 Å². The van der Waals surface area contributed by atoms with Crippen LogP contribution in [0.4, 0.5) is 61.5 Å². The summed E-state index contributed by atoms with van der Waals surface area (Å²) in [4.78, 5) is 0. The Hall–Kier alpha value is -1.02. The topological polar surface area (TPSA) is 9.23 Å². The van der Waals surface area contributed by atoms with Crippen LogP contribution in [0.25, 0.3) is 0 Å². The van der Waals surface area contributed by atoms with Crippen molar-refractivity contribution in [1.82, 2.24) is 0 Å². The molecule has 0 bridgehead atoms. The quantitative estimate of drug-likeness (QED) is 0.555. The lowest BCUT2D eigenvalue weighted by Crippen LogP contribution is -2.57. The average molecular weight is 382 g/mol. The number of hydrogen-bond acceptors (Lipinski definition) is 1.